The van der Waals surface area contributed by atoms with Crippen molar-refractivity contribution in [3.63, 3.8) is 0 Å². The Morgan fingerprint density at radius 2 is 0.485 bits per heavy atom. The van der Waals surface area contributed by atoms with Crippen LogP contribution < -0.4 is 20.4 Å². The van der Waals surface area contributed by atoms with Gasteiger partial charge in [-0.15, -0.1) is 0 Å². The van der Waals surface area contributed by atoms with Gasteiger partial charge in [0, 0.05) is 20.1 Å². The molecular weight excluding hydrogens is 673 g/mol. The van der Waals surface area contributed by atoms with Crippen LogP contribution in [0.5, 0.6) is 23.0 Å². The molecule has 4 aromatic rings. The molecule has 0 saturated carbocycles. The van der Waals surface area contributed by atoms with E-state index in [4.69, 9.17) is 46.4 Å². The van der Waals surface area contributed by atoms with Crippen molar-refractivity contribution >= 4 is 46.4 Å². The van der Waals surface area contributed by atoms with Crippen LogP contribution in [0.25, 0.3) is 0 Å². The number of para-hydroxylation sites is 4. The van der Waals surface area contributed by atoms with Crippen molar-refractivity contribution in [3.8, 4) is 23.0 Å². The van der Waals surface area contributed by atoms with Crippen LogP contribution in [0.1, 0.15) is 0 Å². The quantitative estimate of drug-likeness (QED) is 0.223. The van der Waals surface area contributed by atoms with E-state index in [9.17, 15) is 20.4 Å². The van der Waals surface area contributed by atoms with Crippen molar-refractivity contribution in [2.45, 2.75) is 0 Å². The molecule has 0 aliphatic heterocycles. The van der Waals surface area contributed by atoms with Crippen molar-refractivity contribution in [2.75, 3.05) is 0 Å². The summed E-state index contributed by atoms with van der Waals surface area (Å²) in [7, 11) is 0. The Morgan fingerprint density at radius 1 is 0.333 bits per heavy atom. The van der Waals surface area contributed by atoms with Crippen LogP contribution in [0.4, 0.5) is 0 Å². The van der Waals surface area contributed by atoms with Crippen molar-refractivity contribution < 1.29 is 46.3 Å². The number of hydrogen-bond donors (Lipinski definition) is 0. The number of rotatable bonds is 0. The fraction of sp³-hybridized carbons (Fsp3) is 0. The first-order chi connectivity index (χ1) is 15.2. The van der Waals surface area contributed by atoms with Crippen molar-refractivity contribution in [1.29, 1.82) is 0 Å². The molecular formula is C24H16Cl4HfO4. The normalized spacial score (nSPS) is 8.85. The molecule has 0 aromatic heterocycles. The van der Waals surface area contributed by atoms with E-state index < -0.39 is 0 Å². The summed E-state index contributed by atoms with van der Waals surface area (Å²) in [5.74, 6) is -0.466. The van der Waals surface area contributed by atoms with Gasteiger partial charge >= 0.3 is 25.8 Å². The SMILES string of the molecule is [Hf+4].[O-]c1ccccc1Cl.[O-]c1ccccc1Cl.[O-]c1ccccc1Cl.[O-]c1ccccc1Cl. The predicted octanol–water partition coefficient (Wildman–Crippen LogP) is 5.65. The van der Waals surface area contributed by atoms with Gasteiger partial charge in [0.1, 0.15) is 0 Å². The van der Waals surface area contributed by atoms with Gasteiger partial charge in [0.2, 0.25) is 0 Å². The molecule has 0 amide bonds. The molecule has 0 bridgehead atoms. The summed E-state index contributed by atoms with van der Waals surface area (Å²) in [5.41, 5.74) is 0. The summed E-state index contributed by atoms with van der Waals surface area (Å²) in [6, 6.07) is 25.6. The van der Waals surface area contributed by atoms with Gasteiger partial charge in [-0.05, 0) is 24.3 Å². The minimum absolute atomic E-state index is 0. The molecule has 0 aliphatic rings. The van der Waals surface area contributed by atoms with Gasteiger partial charge in [0.15, 0.2) is 0 Å². The van der Waals surface area contributed by atoms with E-state index >= 15 is 0 Å². The Labute approximate surface area is 231 Å². The molecule has 4 aromatic carbocycles. The van der Waals surface area contributed by atoms with Crippen LogP contribution >= 0.6 is 46.4 Å². The molecule has 0 fully saturated rings. The summed E-state index contributed by atoms with van der Waals surface area (Å²) in [5, 5.41) is 43.1. The third-order valence-corrected chi connectivity index (χ3v) is 4.60. The molecule has 33 heavy (non-hydrogen) atoms. The zero-order valence-electron chi connectivity index (χ0n) is 16.9. The smallest absolute Gasteiger partial charge is 0.871 e. The Bertz CT molecular complexity index is 839. The second-order valence-electron chi connectivity index (χ2n) is 5.72. The molecule has 0 atom stereocenters. The maximum absolute atomic E-state index is 10.5. The maximum atomic E-state index is 10.5. The van der Waals surface area contributed by atoms with Crippen LogP contribution in [-0.2, 0) is 25.8 Å². The van der Waals surface area contributed by atoms with Gasteiger partial charge < -0.3 is 20.4 Å². The Balaban J connectivity index is 0.000000410. The van der Waals surface area contributed by atoms with E-state index in [0.29, 0.717) is 0 Å². The molecule has 0 aliphatic carbocycles. The molecule has 0 heterocycles. The summed E-state index contributed by atoms with van der Waals surface area (Å²) in [4.78, 5) is 0. The van der Waals surface area contributed by atoms with Gasteiger partial charge in [0.05, 0.1) is 0 Å². The molecule has 9 heteroatoms. The summed E-state index contributed by atoms with van der Waals surface area (Å²) in [6.07, 6.45) is 0. The van der Waals surface area contributed by atoms with Gasteiger partial charge in [-0.2, -0.15) is 0 Å². The van der Waals surface area contributed by atoms with Crippen molar-refractivity contribution in [3.05, 3.63) is 117 Å². The topological polar surface area (TPSA) is 92.2 Å². The van der Waals surface area contributed by atoms with Crippen LogP contribution in [0.3, 0.4) is 0 Å². The number of hydrogen-bond acceptors (Lipinski definition) is 4. The monoisotopic (exact) mass is 688 g/mol. The summed E-state index contributed by atoms with van der Waals surface area (Å²) >= 11 is 21.6. The van der Waals surface area contributed by atoms with Crippen molar-refractivity contribution in [2.24, 2.45) is 0 Å². The van der Waals surface area contributed by atoms with E-state index in [-0.39, 0.29) is 68.9 Å². The first-order valence-electron chi connectivity index (χ1n) is 8.88. The standard InChI is InChI=1S/4C6H5ClO.Hf/c4*7-5-3-1-2-4-6(5)8;/h4*1-4,8H;/q;;;;+4/p-4. The van der Waals surface area contributed by atoms with Gasteiger partial charge in [-0.1, -0.05) is 142 Å². The van der Waals surface area contributed by atoms with Gasteiger partial charge in [-0.25, -0.2) is 0 Å². The zero-order chi connectivity index (χ0) is 23.9. The molecule has 4 rings (SSSR count). The van der Waals surface area contributed by atoms with Crippen LogP contribution in [-0.4, -0.2) is 0 Å². The molecule has 0 radical (unpaired) electrons. The fourth-order valence-corrected chi connectivity index (χ4v) is 2.32. The summed E-state index contributed by atoms with van der Waals surface area (Å²) in [6.45, 7) is 0. The van der Waals surface area contributed by atoms with Crippen LogP contribution in [0.15, 0.2) is 97.1 Å². The zero-order valence-corrected chi connectivity index (χ0v) is 23.5. The number of halogens is 4. The maximum Gasteiger partial charge on any atom is 4.00 e. The van der Waals surface area contributed by atoms with E-state index in [1.807, 2.05) is 0 Å². The van der Waals surface area contributed by atoms with E-state index in [2.05, 4.69) is 0 Å². The molecule has 4 nitrogen and oxygen atoms in total. The largest absolute Gasteiger partial charge is 4.00 e. The third kappa shape index (κ3) is 13.4. The first kappa shape index (κ1) is 31.1. The Kier molecular flexibility index (Phi) is 16.6. The second-order valence-corrected chi connectivity index (χ2v) is 7.35. The number of benzene rings is 4. The molecule has 0 saturated heterocycles. The molecule has 0 spiro atoms. The molecule has 0 N–H and O–H groups in total. The molecule has 0 unspecified atom stereocenters. The van der Waals surface area contributed by atoms with Crippen LogP contribution in [0, 0.1) is 0 Å². The molecule has 168 valence electrons. The fourth-order valence-electron chi connectivity index (χ4n) is 1.78. The second kappa shape index (κ2) is 17.6. The third-order valence-electron chi connectivity index (χ3n) is 3.35. The van der Waals surface area contributed by atoms with Gasteiger partial charge in [-0.3, -0.25) is 0 Å². The van der Waals surface area contributed by atoms with Crippen LogP contribution in [0.2, 0.25) is 20.1 Å². The van der Waals surface area contributed by atoms with Gasteiger partial charge in [0.25, 0.3) is 0 Å². The summed E-state index contributed by atoms with van der Waals surface area (Å²) < 4.78 is 0. The van der Waals surface area contributed by atoms with E-state index in [1.165, 1.54) is 24.3 Å². The first-order valence-corrected chi connectivity index (χ1v) is 10.4. The van der Waals surface area contributed by atoms with Crippen molar-refractivity contribution in [1.82, 2.24) is 0 Å². The van der Waals surface area contributed by atoms with E-state index in [0.717, 1.165) is 0 Å². The average Bonchev–Trinajstić information content (AvgIpc) is 2.78. The average molecular weight is 689 g/mol. The van der Waals surface area contributed by atoms with E-state index in [1.54, 1.807) is 72.8 Å². The minimum atomic E-state index is -0.117. The predicted molar refractivity (Wildman–Crippen MR) is 124 cm³/mol. The Hall–Kier alpha value is -1.89. The minimum Gasteiger partial charge on any atom is -0.871 e. The Morgan fingerprint density at radius 3 is 0.576 bits per heavy atom.